The normalized spacial score (nSPS) is 10.2. The Labute approximate surface area is 76.4 Å². The molecule has 0 radical (unpaired) electrons. The third kappa shape index (κ3) is 1.56. The first-order chi connectivity index (χ1) is 6.25. The number of furan rings is 1. The van der Waals surface area contributed by atoms with Crippen LogP contribution in [0.25, 0.3) is 11.3 Å². The molecule has 0 spiro atoms. The molecule has 0 saturated carbocycles. The molecule has 2 heteroatoms. The maximum Gasteiger partial charge on any atom is 0.134 e. The van der Waals surface area contributed by atoms with E-state index in [9.17, 15) is 5.11 Å². The molecule has 2 aromatic rings. The topological polar surface area (TPSA) is 33.4 Å². The van der Waals surface area contributed by atoms with Crippen LogP contribution in [-0.4, -0.2) is 5.11 Å². The minimum Gasteiger partial charge on any atom is -0.508 e. The number of aromatic hydroxyl groups is 1. The molecule has 1 N–H and O–H groups in total. The van der Waals surface area contributed by atoms with Gasteiger partial charge >= 0.3 is 0 Å². The summed E-state index contributed by atoms with van der Waals surface area (Å²) in [7, 11) is 0. The molecule has 0 amide bonds. The summed E-state index contributed by atoms with van der Waals surface area (Å²) in [4.78, 5) is 0. The maximum atomic E-state index is 9.24. The lowest BCUT2D eigenvalue weighted by molar-refractivity contribution is 0.475. The first-order valence-corrected chi connectivity index (χ1v) is 4.11. The molecule has 2 nitrogen and oxygen atoms in total. The molecule has 1 aromatic heterocycles. The van der Waals surface area contributed by atoms with Crippen LogP contribution in [0.5, 0.6) is 5.75 Å². The Kier molecular flexibility index (Phi) is 1.81. The predicted octanol–water partition coefficient (Wildman–Crippen LogP) is 2.96. The van der Waals surface area contributed by atoms with Gasteiger partial charge in [0, 0.05) is 5.56 Å². The first-order valence-electron chi connectivity index (χ1n) is 4.11. The van der Waals surface area contributed by atoms with Crippen molar-refractivity contribution in [2.24, 2.45) is 0 Å². The Balaban J connectivity index is 2.46. The van der Waals surface area contributed by atoms with Crippen molar-refractivity contribution >= 4 is 0 Å². The van der Waals surface area contributed by atoms with Gasteiger partial charge in [0.25, 0.3) is 0 Å². The van der Waals surface area contributed by atoms with Crippen molar-refractivity contribution in [2.75, 3.05) is 0 Å². The summed E-state index contributed by atoms with van der Waals surface area (Å²) in [6, 6.07) is 10.8. The fourth-order valence-electron chi connectivity index (χ4n) is 1.25. The molecule has 0 aliphatic rings. The molecular weight excluding hydrogens is 164 g/mol. The average molecular weight is 174 g/mol. The van der Waals surface area contributed by atoms with E-state index < -0.39 is 0 Å². The molecule has 0 saturated heterocycles. The van der Waals surface area contributed by atoms with E-state index in [0.29, 0.717) is 0 Å². The van der Waals surface area contributed by atoms with Gasteiger partial charge in [-0.15, -0.1) is 0 Å². The van der Waals surface area contributed by atoms with Crippen LogP contribution < -0.4 is 0 Å². The third-order valence-corrected chi connectivity index (χ3v) is 1.87. The Morgan fingerprint density at radius 3 is 2.62 bits per heavy atom. The van der Waals surface area contributed by atoms with E-state index in [4.69, 9.17) is 4.42 Å². The van der Waals surface area contributed by atoms with Gasteiger partial charge in [0.2, 0.25) is 0 Å². The van der Waals surface area contributed by atoms with Gasteiger partial charge in [-0.25, -0.2) is 0 Å². The van der Waals surface area contributed by atoms with Gasteiger partial charge in [0.1, 0.15) is 17.3 Å². The first kappa shape index (κ1) is 7.92. The van der Waals surface area contributed by atoms with Crippen molar-refractivity contribution in [3.8, 4) is 17.1 Å². The van der Waals surface area contributed by atoms with E-state index in [-0.39, 0.29) is 5.75 Å². The molecule has 1 aromatic carbocycles. The Morgan fingerprint density at radius 1 is 1.15 bits per heavy atom. The van der Waals surface area contributed by atoms with Crippen molar-refractivity contribution in [3.63, 3.8) is 0 Å². The number of hydrogen-bond donors (Lipinski definition) is 1. The predicted molar refractivity (Wildman–Crippen MR) is 50.5 cm³/mol. The van der Waals surface area contributed by atoms with Crippen molar-refractivity contribution < 1.29 is 9.52 Å². The highest BCUT2D eigenvalue weighted by atomic mass is 16.3. The molecular formula is C11H10O2. The number of phenolic OH excluding ortho intramolecular Hbond substituents is 1. The number of rotatable bonds is 1. The van der Waals surface area contributed by atoms with Gasteiger partial charge in [0.15, 0.2) is 0 Å². The molecule has 0 aliphatic heterocycles. The summed E-state index contributed by atoms with van der Waals surface area (Å²) < 4.78 is 5.41. The summed E-state index contributed by atoms with van der Waals surface area (Å²) in [5.74, 6) is 1.92. The zero-order chi connectivity index (χ0) is 9.26. The second kappa shape index (κ2) is 2.98. The fraction of sp³-hybridized carbons (Fsp3) is 0.0909. The molecule has 66 valence electrons. The SMILES string of the molecule is Cc1ccc(-c2cccc(O)c2)o1. The monoisotopic (exact) mass is 174 g/mol. The van der Waals surface area contributed by atoms with Gasteiger partial charge < -0.3 is 9.52 Å². The van der Waals surface area contributed by atoms with Crippen LogP contribution in [0.1, 0.15) is 5.76 Å². The molecule has 13 heavy (non-hydrogen) atoms. The van der Waals surface area contributed by atoms with Crippen LogP contribution in [-0.2, 0) is 0 Å². The van der Waals surface area contributed by atoms with E-state index in [0.717, 1.165) is 17.1 Å². The highest BCUT2D eigenvalue weighted by Crippen LogP contribution is 2.24. The van der Waals surface area contributed by atoms with Crippen LogP contribution in [0.15, 0.2) is 40.8 Å². The molecule has 0 bridgehead atoms. The highest BCUT2D eigenvalue weighted by Gasteiger charge is 2.01. The van der Waals surface area contributed by atoms with E-state index in [1.807, 2.05) is 25.1 Å². The molecule has 0 aliphatic carbocycles. The Morgan fingerprint density at radius 2 is 2.00 bits per heavy atom. The fourth-order valence-corrected chi connectivity index (χ4v) is 1.25. The van der Waals surface area contributed by atoms with E-state index in [2.05, 4.69) is 0 Å². The van der Waals surface area contributed by atoms with E-state index in [1.54, 1.807) is 18.2 Å². The molecule has 0 fully saturated rings. The van der Waals surface area contributed by atoms with E-state index >= 15 is 0 Å². The van der Waals surface area contributed by atoms with Crippen LogP contribution in [0, 0.1) is 6.92 Å². The zero-order valence-electron chi connectivity index (χ0n) is 7.32. The maximum absolute atomic E-state index is 9.24. The van der Waals surface area contributed by atoms with Crippen LogP contribution in [0.2, 0.25) is 0 Å². The average Bonchev–Trinajstić information content (AvgIpc) is 2.52. The summed E-state index contributed by atoms with van der Waals surface area (Å²) in [5.41, 5.74) is 0.896. The van der Waals surface area contributed by atoms with Crippen LogP contribution in [0.3, 0.4) is 0 Å². The lowest BCUT2D eigenvalue weighted by atomic mass is 10.2. The summed E-state index contributed by atoms with van der Waals surface area (Å²) >= 11 is 0. The number of phenols is 1. The van der Waals surface area contributed by atoms with Crippen molar-refractivity contribution in [1.29, 1.82) is 0 Å². The van der Waals surface area contributed by atoms with Gasteiger partial charge in [-0.2, -0.15) is 0 Å². The largest absolute Gasteiger partial charge is 0.508 e. The third-order valence-electron chi connectivity index (χ3n) is 1.87. The highest BCUT2D eigenvalue weighted by molar-refractivity contribution is 5.59. The van der Waals surface area contributed by atoms with Gasteiger partial charge in [-0.1, -0.05) is 12.1 Å². The number of aryl methyl sites for hydroxylation is 1. The van der Waals surface area contributed by atoms with Crippen molar-refractivity contribution in [1.82, 2.24) is 0 Å². The van der Waals surface area contributed by atoms with Crippen molar-refractivity contribution in [2.45, 2.75) is 6.92 Å². The second-order valence-electron chi connectivity index (χ2n) is 2.96. The zero-order valence-corrected chi connectivity index (χ0v) is 7.32. The summed E-state index contributed by atoms with van der Waals surface area (Å²) in [6.45, 7) is 1.90. The second-order valence-corrected chi connectivity index (χ2v) is 2.96. The van der Waals surface area contributed by atoms with E-state index in [1.165, 1.54) is 0 Å². The summed E-state index contributed by atoms with van der Waals surface area (Å²) in [5, 5.41) is 9.24. The minimum atomic E-state index is 0.256. The van der Waals surface area contributed by atoms with Gasteiger partial charge in [0.05, 0.1) is 0 Å². The van der Waals surface area contributed by atoms with Gasteiger partial charge in [-0.3, -0.25) is 0 Å². The number of benzene rings is 1. The Hall–Kier alpha value is -1.70. The summed E-state index contributed by atoms with van der Waals surface area (Å²) in [6.07, 6.45) is 0. The van der Waals surface area contributed by atoms with Crippen LogP contribution >= 0.6 is 0 Å². The van der Waals surface area contributed by atoms with Crippen molar-refractivity contribution in [3.05, 3.63) is 42.2 Å². The molecule has 0 unspecified atom stereocenters. The van der Waals surface area contributed by atoms with Gasteiger partial charge in [-0.05, 0) is 31.2 Å². The molecule has 1 heterocycles. The lowest BCUT2D eigenvalue weighted by Crippen LogP contribution is -1.72. The number of hydrogen-bond acceptors (Lipinski definition) is 2. The molecule has 0 atom stereocenters. The lowest BCUT2D eigenvalue weighted by Gasteiger charge is -1.96. The smallest absolute Gasteiger partial charge is 0.134 e. The van der Waals surface area contributed by atoms with Crippen LogP contribution in [0.4, 0.5) is 0 Å². The minimum absolute atomic E-state index is 0.256. The molecule has 2 rings (SSSR count). The Bertz CT molecular complexity index is 416. The standard InChI is InChI=1S/C11H10O2/c1-8-5-6-11(13-8)9-3-2-4-10(12)7-9/h2-7,12H,1H3. The quantitative estimate of drug-likeness (QED) is 0.721.